The van der Waals surface area contributed by atoms with Crippen LogP contribution in [-0.2, 0) is 29.0 Å². The van der Waals surface area contributed by atoms with Crippen LogP contribution in [0.1, 0.15) is 41.3 Å². The highest BCUT2D eigenvalue weighted by Gasteiger charge is 2.31. The Bertz CT molecular complexity index is 1450. The summed E-state index contributed by atoms with van der Waals surface area (Å²) in [6.45, 7) is 2.00. The summed E-state index contributed by atoms with van der Waals surface area (Å²) in [7, 11) is 1.73. The van der Waals surface area contributed by atoms with E-state index < -0.39 is 6.04 Å². The van der Waals surface area contributed by atoms with Crippen LogP contribution in [0.25, 0.3) is 10.9 Å². The van der Waals surface area contributed by atoms with E-state index in [1.54, 1.807) is 22.8 Å². The maximum atomic E-state index is 13.7. The largest absolute Gasteiger partial charge is 0.396 e. The Kier molecular flexibility index (Phi) is 7.51. The first-order valence-electron chi connectivity index (χ1n) is 13.1. The number of carbonyl (C=O) groups excluding carboxylic acids is 2. The predicted molar refractivity (Wildman–Crippen MR) is 147 cm³/mol. The molecule has 4 aromatic rings. The van der Waals surface area contributed by atoms with Crippen molar-refractivity contribution < 1.29 is 14.7 Å². The van der Waals surface area contributed by atoms with Crippen LogP contribution in [0.3, 0.4) is 0 Å². The van der Waals surface area contributed by atoms with Crippen LogP contribution >= 0.6 is 0 Å². The first-order chi connectivity index (χ1) is 18.4. The molecule has 1 aliphatic rings. The molecule has 5 rings (SSSR count). The number of likely N-dealkylation sites (N-methyl/N-ethyl adjacent to an activating group) is 1. The van der Waals surface area contributed by atoms with Gasteiger partial charge >= 0.3 is 0 Å². The lowest BCUT2D eigenvalue weighted by Gasteiger charge is -2.25. The van der Waals surface area contributed by atoms with Gasteiger partial charge in [-0.15, -0.1) is 0 Å². The van der Waals surface area contributed by atoms with E-state index in [1.165, 1.54) is 0 Å². The van der Waals surface area contributed by atoms with Crippen molar-refractivity contribution in [1.82, 2.24) is 20.1 Å². The summed E-state index contributed by atoms with van der Waals surface area (Å²) in [6.07, 6.45) is 4.81. The number of rotatable bonds is 10. The third-order valence-electron chi connectivity index (χ3n) is 7.20. The van der Waals surface area contributed by atoms with Gasteiger partial charge in [0.25, 0.3) is 0 Å². The maximum absolute atomic E-state index is 13.7. The number of amides is 2. The molecule has 2 aromatic carbocycles. The van der Waals surface area contributed by atoms with Gasteiger partial charge in [0.05, 0.1) is 11.2 Å². The van der Waals surface area contributed by atoms with Gasteiger partial charge in [0, 0.05) is 49.0 Å². The molecule has 0 unspecified atom stereocenters. The minimum absolute atomic E-state index is 0.0148. The maximum Gasteiger partial charge on any atom is 0.249 e. The molecule has 0 bridgehead atoms. The molecule has 8 heteroatoms. The number of carbonyl (C=O) groups is 2. The quantitative estimate of drug-likeness (QED) is 0.339. The van der Waals surface area contributed by atoms with Gasteiger partial charge in [0.1, 0.15) is 12.6 Å². The fraction of sp³-hybridized carbons (Fsp3) is 0.333. The molecule has 0 radical (unpaired) electrons. The van der Waals surface area contributed by atoms with Crippen molar-refractivity contribution in [2.24, 2.45) is 0 Å². The van der Waals surface area contributed by atoms with Gasteiger partial charge < -0.3 is 15.3 Å². The van der Waals surface area contributed by atoms with Crippen LogP contribution in [0, 0.1) is 6.92 Å². The summed E-state index contributed by atoms with van der Waals surface area (Å²) in [6, 6.07) is 18.4. The Balaban J connectivity index is 1.36. The zero-order valence-electron chi connectivity index (χ0n) is 21.8. The van der Waals surface area contributed by atoms with E-state index in [0.29, 0.717) is 18.8 Å². The van der Waals surface area contributed by atoms with E-state index >= 15 is 0 Å². The van der Waals surface area contributed by atoms with Crippen LogP contribution in [0.2, 0.25) is 0 Å². The molecule has 1 aliphatic carbocycles. The van der Waals surface area contributed by atoms with Gasteiger partial charge in [-0.3, -0.25) is 19.3 Å². The van der Waals surface area contributed by atoms with Crippen molar-refractivity contribution in [2.45, 2.75) is 51.1 Å². The lowest BCUT2D eigenvalue weighted by Crippen LogP contribution is -2.49. The van der Waals surface area contributed by atoms with Crippen molar-refractivity contribution >= 4 is 28.4 Å². The third kappa shape index (κ3) is 5.60. The molecule has 0 saturated heterocycles. The number of nitrogens with zero attached hydrogens (tertiary/aromatic N) is 4. The summed E-state index contributed by atoms with van der Waals surface area (Å²) in [4.78, 5) is 32.9. The second-order valence-electron chi connectivity index (χ2n) is 9.94. The molecule has 2 aromatic heterocycles. The molecule has 1 atom stereocenters. The standard InChI is InChI=1S/C30H33N5O3/c1-20-25(14-16-36)29(22-10-11-22)33-35(20)19-28(37)32-27(17-21-7-4-3-5-8-21)30(38)34(2)24-12-13-26-23(18-24)9-6-15-31-26/h3-9,12-13,15,18,22,27,36H,10-11,14,16-17,19H2,1-2H3,(H,32,37)/t27-/m0/s1. The van der Waals surface area contributed by atoms with E-state index in [2.05, 4.69) is 10.3 Å². The monoisotopic (exact) mass is 511 g/mol. The van der Waals surface area contributed by atoms with Crippen LogP contribution in [0.15, 0.2) is 66.9 Å². The first-order valence-corrected chi connectivity index (χ1v) is 13.1. The molecule has 2 amide bonds. The van der Waals surface area contributed by atoms with Gasteiger partial charge in [-0.2, -0.15) is 5.10 Å². The van der Waals surface area contributed by atoms with E-state index in [0.717, 1.165) is 51.9 Å². The van der Waals surface area contributed by atoms with Crippen LogP contribution < -0.4 is 10.2 Å². The Morgan fingerprint density at radius 2 is 1.92 bits per heavy atom. The van der Waals surface area contributed by atoms with Gasteiger partial charge in [-0.1, -0.05) is 36.4 Å². The molecule has 0 spiro atoms. The number of benzene rings is 2. The number of hydrogen-bond donors (Lipinski definition) is 2. The number of aromatic nitrogens is 3. The van der Waals surface area contributed by atoms with Crippen molar-refractivity contribution in [2.75, 3.05) is 18.6 Å². The lowest BCUT2D eigenvalue weighted by atomic mass is 10.0. The van der Waals surface area contributed by atoms with E-state index in [-0.39, 0.29) is 25.0 Å². The van der Waals surface area contributed by atoms with Crippen LogP contribution in [0.5, 0.6) is 0 Å². The number of nitrogens with one attached hydrogen (secondary N) is 1. The fourth-order valence-electron chi connectivity index (χ4n) is 4.92. The van der Waals surface area contributed by atoms with Crippen molar-refractivity contribution in [3.8, 4) is 0 Å². The van der Waals surface area contributed by atoms with Crippen LogP contribution in [-0.4, -0.2) is 51.4 Å². The molecule has 0 aliphatic heterocycles. The van der Waals surface area contributed by atoms with Gasteiger partial charge in [0.2, 0.25) is 11.8 Å². The zero-order chi connectivity index (χ0) is 26.6. The average Bonchev–Trinajstić information content (AvgIpc) is 3.74. The number of hydrogen-bond acceptors (Lipinski definition) is 5. The number of aliphatic hydroxyl groups excluding tert-OH is 1. The summed E-state index contributed by atoms with van der Waals surface area (Å²) in [5.41, 5.74) is 5.46. The second-order valence-corrected chi connectivity index (χ2v) is 9.94. The molecule has 196 valence electrons. The van der Waals surface area contributed by atoms with Gasteiger partial charge in [0.15, 0.2) is 0 Å². The van der Waals surface area contributed by atoms with E-state index in [1.807, 2.05) is 67.6 Å². The lowest BCUT2D eigenvalue weighted by molar-refractivity contribution is -0.127. The highest BCUT2D eigenvalue weighted by Crippen LogP contribution is 2.41. The minimum Gasteiger partial charge on any atom is -0.396 e. The molecule has 1 fully saturated rings. The van der Waals surface area contributed by atoms with Gasteiger partial charge in [-0.25, -0.2) is 0 Å². The number of aliphatic hydroxyl groups is 1. The van der Waals surface area contributed by atoms with Crippen molar-refractivity contribution in [1.29, 1.82) is 0 Å². The van der Waals surface area contributed by atoms with Gasteiger partial charge in [-0.05, 0) is 61.6 Å². The molecular weight excluding hydrogens is 478 g/mol. The average molecular weight is 512 g/mol. The minimum atomic E-state index is -0.754. The fourth-order valence-corrected chi connectivity index (χ4v) is 4.92. The normalized spacial score (nSPS) is 13.9. The Morgan fingerprint density at radius 1 is 1.13 bits per heavy atom. The molecule has 8 nitrogen and oxygen atoms in total. The van der Waals surface area contributed by atoms with Crippen molar-refractivity contribution in [3.05, 3.63) is 89.4 Å². The summed E-state index contributed by atoms with van der Waals surface area (Å²) in [5.74, 6) is -0.0704. The zero-order valence-corrected chi connectivity index (χ0v) is 21.8. The van der Waals surface area contributed by atoms with Crippen molar-refractivity contribution in [3.63, 3.8) is 0 Å². The van der Waals surface area contributed by atoms with E-state index in [9.17, 15) is 14.7 Å². The summed E-state index contributed by atoms with van der Waals surface area (Å²) < 4.78 is 1.71. The summed E-state index contributed by atoms with van der Waals surface area (Å²) in [5, 5.41) is 18.2. The first kappa shape index (κ1) is 25.6. The highest BCUT2D eigenvalue weighted by atomic mass is 16.3. The molecule has 2 N–H and O–H groups in total. The smallest absolute Gasteiger partial charge is 0.249 e. The van der Waals surface area contributed by atoms with E-state index in [4.69, 9.17) is 5.10 Å². The predicted octanol–water partition coefficient (Wildman–Crippen LogP) is 3.54. The van der Waals surface area contributed by atoms with Crippen LogP contribution in [0.4, 0.5) is 5.69 Å². The third-order valence-corrected chi connectivity index (χ3v) is 7.20. The molecule has 1 saturated carbocycles. The number of anilines is 1. The topological polar surface area (TPSA) is 100 Å². The highest BCUT2D eigenvalue weighted by molar-refractivity contribution is 6.00. The number of fused-ring (bicyclic) bond motifs is 1. The Hall–Kier alpha value is -4.04. The molecule has 2 heterocycles. The molecule has 38 heavy (non-hydrogen) atoms. The Labute approximate surface area is 222 Å². The second kappa shape index (κ2) is 11.1. The SMILES string of the molecule is Cc1c(CCO)c(C2CC2)nn1CC(=O)N[C@@H](Cc1ccccc1)C(=O)N(C)c1ccc2ncccc2c1. The number of pyridine rings is 1. The Morgan fingerprint density at radius 3 is 2.66 bits per heavy atom. The summed E-state index contributed by atoms with van der Waals surface area (Å²) >= 11 is 0. The molecular formula is C30H33N5O3.